The van der Waals surface area contributed by atoms with Gasteiger partial charge in [-0.1, -0.05) is 11.6 Å². The average Bonchev–Trinajstić information content (AvgIpc) is 2.16. The van der Waals surface area contributed by atoms with E-state index in [-0.39, 0.29) is 11.6 Å². The van der Waals surface area contributed by atoms with Gasteiger partial charge < -0.3 is 9.94 Å². The number of halogens is 2. The van der Waals surface area contributed by atoms with Gasteiger partial charge in [-0.2, -0.15) is 0 Å². The molecule has 0 fully saturated rings. The number of methoxy groups -OCH3 is 1. The molecule has 0 radical (unpaired) electrons. The zero-order valence-electron chi connectivity index (χ0n) is 7.90. The highest BCUT2D eigenvalue weighted by Gasteiger charge is 2.14. The van der Waals surface area contributed by atoms with Crippen molar-refractivity contribution in [3.63, 3.8) is 0 Å². The fraction of sp³-hybridized carbons (Fsp3) is 0.333. The monoisotopic (exact) mass is 219 g/mol. The van der Waals surface area contributed by atoms with Gasteiger partial charge >= 0.3 is 0 Å². The molecule has 5 heteroatoms. The Morgan fingerprint density at radius 3 is 2.79 bits per heavy atom. The lowest BCUT2D eigenvalue weighted by Crippen LogP contribution is -2.09. The van der Waals surface area contributed by atoms with Crippen LogP contribution in [0.3, 0.4) is 0 Å². The molecule has 0 heterocycles. The molecular formula is C9H11ClFNO2. The summed E-state index contributed by atoms with van der Waals surface area (Å²) in [5.74, 6) is -0.0985. The Morgan fingerprint density at radius 1 is 1.64 bits per heavy atom. The second kappa shape index (κ2) is 4.59. The van der Waals surface area contributed by atoms with E-state index in [4.69, 9.17) is 21.5 Å². The summed E-state index contributed by atoms with van der Waals surface area (Å²) in [6.45, 7) is 1.73. The summed E-state index contributed by atoms with van der Waals surface area (Å²) >= 11 is 5.64. The summed E-state index contributed by atoms with van der Waals surface area (Å²) in [6, 6.07) is 1.42. The molecule has 14 heavy (non-hydrogen) atoms. The molecule has 0 bridgehead atoms. The van der Waals surface area contributed by atoms with Crippen LogP contribution in [-0.4, -0.2) is 12.3 Å². The maximum absolute atomic E-state index is 13.3. The molecule has 0 amide bonds. The average molecular weight is 220 g/mol. The number of ether oxygens (including phenoxy) is 1. The molecular weight excluding hydrogens is 209 g/mol. The van der Waals surface area contributed by atoms with Crippen molar-refractivity contribution in [2.45, 2.75) is 13.5 Å². The van der Waals surface area contributed by atoms with Crippen LogP contribution in [0.5, 0.6) is 5.75 Å². The van der Waals surface area contributed by atoms with Crippen molar-refractivity contribution in [1.82, 2.24) is 5.48 Å². The molecule has 1 aromatic rings. The molecule has 0 spiro atoms. The maximum atomic E-state index is 13.3. The third kappa shape index (κ3) is 1.97. The van der Waals surface area contributed by atoms with Crippen LogP contribution in [0.1, 0.15) is 11.1 Å². The first-order chi connectivity index (χ1) is 6.61. The number of hydrogen-bond acceptors (Lipinski definition) is 3. The highest BCUT2D eigenvalue weighted by Crippen LogP contribution is 2.30. The van der Waals surface area contributed by atoms with Crippen molar-refractivity contribution < 1.29 is 14.3 Å². The lowest BCUT2D eigenvalue weighted by molar-refractivity contribution is 0.160. The van der Waals surface area contributed by atoms with Gasteiger partial charge in [-0.05, 0) is 13.0 Å². The Morgan fingerprint density at radius 2 is 2.29 bits per heavy atom. The van der Waals surface area contributed by atoms with Crippen LogP contribution in [0.15, 0.2) is 6.07 Å². The van der Waals surface area contributed by atoms with Crippen LogP contribution in [0.25, 0.3) is 0 Å². The second-order valence-corrected chi connectivity index (χ2v) is 3.23. The van der Waals surface area contributed by atoms with Crippen molar-refractivity contribution >= 4 is 11.6 Å². The van der Waals surface area contributed by atoms with E-state index in [0.717, 1.165) is 0 Å². The lowest BCUT2D eigenvalue weighted by Gasteiger charge is -2.12. The number of hydrogen-bond donors (Lipinski definition) is 2. The van der Waals surface area contributed by atoms with Crippen molar-refractivity contribution in [2.24, 2.45) is 0 Å². The molecule has 0 unspecified atom stereocenters. The number of nitrogens with one attached hydrogen (secondary N) is 1. The van der Waals surface area contributed by atoms with E-state index in [0.29, 0.717) is 16.9 Å². The highest BCUT2D eigenvalue weighted by atomic mass is 35.5. The van der Waals surface area contributed by atoms with Crippen molar-refractivity contribution in [2.75, 3.05) is 7.11 Å². The third-order valence-electron chi connectivity index (χ3n) is 1.95. The molecule has 0 aliphatic carbocycles. The van der Waals surface area contributed by atoms with E-state index in [2.05, 4.69) is 0 Å². The minimum atomic E-state index is -0.495. The van der Waals surface area contributed by atoms with E-state index < -0.39 is 5.82 Å². The van der Waals surface area contributed by atoms with Gasteiger partial charge in [0.2, 0.25) is 0 Å². The van der Waals surface area contributed by atoms with E-state index in [1.807, 2.05) is 5.48 Å². The molecule has 0 atom stereocenters. The van der Waals surface area contributed by atoms with Crippen LogP contribution >= 0.6 is 11.6 Å². The SMILES string of the molecule is COc1c(CNO)cc(Cl)c(F)c1C. The van der Waals surface area contributed by atoms with Gasteiger partial charge in [-0.3, -0.25) is 0 Å². The molecule has 3 nitrogen and oxygen atoms in total. The van der Waals surface area contributed by atoms with Crippen molar-refractivity contribution in [3.8, 4) is 5.75 Å². The summed E-state index contributed by atoms with van der Waals surface area (Å²) in [5.41, 5.74) is 2.92. The quantitative estimate of drug-likeness (QED) is 0.767. The minimum absolute atomic E-state index is 0.0218. The van der Waals surface area contributed by atoms with E-state index >= 15 is 0 Å². The van der Waals surface area contributed by atoms with Gasteiger partial charge in [-0.15, -0.1) is 0 Å². The molecule has 0 saturated heterocycles. The molecule has 0 aromatic heterocycles. The molecule has 78 valence electrons. The van der Waals surface area contributed by atoms with E-state index in [1.165, 1.54) is 13.2 Å². The predicted octanol–water partition coefficient (Wildman–Crippen LogP) is 2.27. The van der Waals surface area contributed by atoms with Crippen LogP contribution < -0.4 is 10.2 Å². The summed E-state index contributed by atoms with van der Waals surface area (Å²) in [5, 5.41) is 8.57. The highest BCUT2D eigenvalue weighted by molar-refractivity contribution is 6.30. The minimum Gasteiger partial charge on any atom is -0.496 e. The maximum Gasteiger partial charge on any atom is 0.148 e. The number of rotatable bonds is 3. The zero-order valence-corrected chi connectivity index (χ0v) is 8.65. The molecule has 2 N–H and O–H groups in total. The Bertz CT molecular complexity index is 344. The summed E-state index contributed by atoms with van der Waals surface area (Å²) in [6.07, 6.45) is 0. The summed E-state index contributed by atoms with van der Waals surface area (Å²) in [7, 11) is 1.44. The topological polar surface area (TPSA) is 41.5 Å². The molecule has 1 aromatic carbocycles. The largest absolute Gasteiger partial charge is 0.496 e. The van der Waals surface area contributed by atoms with E-state index in [1.54, 1.807) is 6.92 Å². The molecule has 0 aliphatic rings. The first-order valence-corrected chi connectivity index (χ1v) is 4.38. The van der Waals surface area contributed by atoms with Crippen LogP contribution in [-0.2, 0) is 6.54 Å². The summed E-state index contributed by atoms with van der Waals surface area (Å²) in [4.78, 5) is 0. The predicted molar refractivity (Wildman–Crippen MR) is 51.3 cm³/mol. The van der Waals surface area contributed by atoms with Crippen LogP contribution in [0.2, 0.25) is 5.02 Å². The van der Waals surface area contributed by atoms with Crippen molar-refractivity contribution in [1.29, 1.82) is 0 Å². The fourth-order valence-corrected chi connectivity index (χ4v) is 1.58. The Kier molecular flexibility index (Phi) is 3.69. The van der Waals surface area contributed by atoms with Gasteiger partial charge in [0.25, 0.3) is 0 Å². The zero-order chi connectivity index (χ0) is 10.7. The third-order valence-corrected chi connectivity index (χ3v) is 2.22. The van der Waals surface area contributed by atoms with Crippen LogP contribution in [0.4, 0.5) is 4.39 Å². The lowest BCUT2D eigenvalue weighted by atomic mass is 10.1. The molecule has 0 saturated carbocycles. The number of hydroxylamine groups is 1. The first-order valence-electron chi connectivity index (χ1n) is 4.00. The van der Waals surface area contributed by atoms with Gasteiger partial charge in [0, 0.05) is 17.7 Å². The second-order valence-electron chi connectivity index (χ2n) is 2.82. The van der Waals surface area contributed by atoms with Gasteiger partial charge in [0.05, 0.1) is 12.1 Å². The standard InChI is InChI=1S/C9H11ClFNO2/c1-5-8(11)7(10)3-6(4-12-13)9(5)14-2/h3,12-13H,4H2,1-2H3. The fourth-order valence-electron chi connectivity index (χ4n) is 1.30. The Hall–Kier alpha value is -0.840. The Balaban J connectivity index is 3.28. The van der Waals surface area contributed by atoms with Gasteiger partial charge in [0.1, 0.15) is 11.6 Å². The normalized spacial score (nSPS) is 10.4. The van der Waals surface area contributed by atoms with Gasteiger partial charge in [-0.25, -0.2) is 9.87 Å². The first kappa shape index (κ1) is 11.2. The number of benzene rings is 1. The van der Waals surface area contributed by atoms with E-state index in [9.17, 15) is 4.39 Å². The van der Waals surface area contributed by atoms with Crippen LogP contribution in [0, 0.1) is 12.7 Å². The Labute approximate surface area is 86.4 Å². The van der Waals surface area contributed by atoms with Crippen molar-refractivity contribution in [3.05, 3.63) is 28.0 Å². The molecule has 0 aliphatic heterocycles. The summed E-state index contributed by atoms with van der Waals surface area (Å²) < 4.78 is 18.3. The van der Waals surface area contributed by atoms with Gasteiger partial charge in [0.15, 0.2) is 0 Å². The molecule has 1 rings (SSSR count). The smallest absolute Gasteiger partial charge is 0.148 e.